The van der Waals surface area contributed by atoms with E-state index < -0.39 is 113 Å². The Morgan fingerprint density at radius 2 is 0.798 bits per heavy atom. The zero-order chi connectivity index (χ0) is 92.9. The Balaban J connectivity index is 0.000000376. The lowest BCUT2D eigenvalue weighted by molar-refractivity contribution is -0.171. The van der Waals surface area contributed by atoms with Crippen molar-refractivity contribution >= 4 is 101 Å². The highest BCUT2D eigenvalue weighted by atomic mass is 35.5. The van der Waals surface area contributed by atoms with Crippen LogP contribution in [0.3, 0.4) is 0 Å². The van der Waals surface area contributed by atoms with Crippen LogP contribution in [-0.4, -0.2) is 174 Å². The summed E-state index contributed by atoms with van der Waals surface area (Å²) in [5, 5.41) is 67.1. The predicted molar refractivity (Wildman–Crippen MR) is 476 cm³/mol. The minimum absolute atomic E-state index is 0.0475. The van der Waals surface area contributed by atoms with Crippen LogP contribution in [0.5, 0.6) is 0 Å². The standard InChI is InChI=1S/C16H24N2O4.C15H22N2O4.C15H20N2O3.C14H19NO3.C10H5ClN2S.C10H6ClNO2S.C10H14N2O2/c1-16(2,3)22-15(20)17-13(14(19)18(4)21-5)11-12-9-7-6-8-10-12;1-15(2,3)21-14(20)17-11(12(18)13(16)19)9-10-7-5-4-6-8-10;1-15(2,3)20-14(19)17-12(13(18)10-16)9-11-7-5-4-6-8-11;1-14(2,3)18-13(17)15-12(10-16)9-11-7-5-4-6-8-11;11-10-8(6-12)9(14-13-10)7-4-2-1-3-5-7;11-9-7(10(13)14)8(15-12-9)6-4-2-1-3-5-6;11-8(9(13)10(12)14)6-7-4-2-1-3-5-7/h6-10,13H,11H2,1-5H3,(H,17,20);4-8,11-12,18H,9H2,1-3H3,(H2,16,19)(H,17,20);4-8,12-13,18H,9H2,1-3H3,(H,17,19);4-8,10,12H,9H2,1-3H3,(H,15,17);1-5H;1-5H,(H,13,14);1-5,8-9,13H,6,11H2,(H2,12,14)/t13-;11-,12?;12-,13?;12-;;;8-,9?/m0000..0/s1. The molecular formula is C90H110Cl2N12O18S2. The number of hydroxylamine groups is 2. The van der Waals surface area contributed by atoms with E-state index in [4.69, 9.17) is 79.8 Å². The highest BCUT2D eigenvalue weighted by Gasteiger charge is 2.31. The SMILES string of the molecule is CC(C)(C)OC(=O)N[C@@H](Cc1ccccc1)C(O)C#N.CC(C)(C)OC(=O)N[C@@H](Cc1ccccc1)C(O)C(N)=O.CC(C)(C)OC(=O)N[C@H](C=O)Cc1ccccc1.CON(C)C(=O)[C@H](Cc1ccccc1)NC(=O)OC(C)(C)C.N#Cc1c(Cl)nsc1-c1ccccc1.NC(=O)C(O)[C@@H](N)Cc1ccccc1.O=C(O)c1c(Cl)nsc1-c1ccccc1. The van der Waals surface area contributed by atoms with Gasteiger partial charge in [-0.3, -0.25) is 19.2 Å². The number of amides is 7. The molecule has 0 bridgehead atoms. The maximum atomic E-state index is 12.3. The van der Waals surface area contributed by atoms with Crippen molar-refractivity contribution in [1.82, 2.24) is 35.1 Å². The molecule has 30 nitrogen and oxygen atoms in total. The summed E-state index contributed by atoms with van der Waals surface area (Å²) >= 11 is 13.8. The minimum atomic E-state index is -1.49. The van der Waals surface area contributed by atoms with Gasteiger partial charge in [0, 0.05) is 19.5 Å². The van der Waals surface area contributed by atoms with Gasteiger partial charge in [0.1, 0.15) is 58.0 Å². The number of halogens is 2. The summed E-state index contributed by atoms with van der Waals surface area (Å²) in [6.45, 7) is 21.1. The van der Waals surface area contributed by atoms with E-state index in [2.05, 4.69) is 36.1 Å². The number of benzene rings is 7. The Bertz CT molecular complexity index is 4840. The number of nitrogens with zero attached hydrogens (tertiary/aromatic N) is 5. The van der Waals surface area contributed by atoms with Crippen molar-refractivity contribution in [1.29, 1.82) is 10.5 Å². The van der Waals surface area contributed by atoms with Gasteiger partial charge in [-0.15, -0.1) is 0 Å². The normalized spacial score (nSPS) is 12.7. The van der Waals surface area contributed by atoms with Gasteiger partial charge in [-0.25, -0.2) is 29.0 Å². The largest absolute Gasteiger partial charge is 0.478 e. The quantitative estimate of drug-likeness (QED) is 0.0110. The molecule has 0 aliphatic heterocycles. The van der Waals surface area contributed by atoms with Crippen molar-refractivity contribution in [2.24, 2.45) is 17.2 Å². The third kappa shape index (κ3) is 43.0. The molecule has 664 valence electrons. The average molecular weight is 1780 g/mol. The smallest absolute Gasteiger partial charge is 0.408 e. The first-order valence-corrected chi connectivity index (χ1v) is 40.8. The molecule has 34 heteroatoms. The van der Waals surface area contributed by atoms with Gasteiger partial charge >= 0.3 is 30.3 Å². The number of rotatable bonds is 25. The predicted octanol–water partition coefficient (Wildman–Crippen LogP) is 13.3. The Morgan fingerprint density at radius 1 is 0.476 bits per heavy atom. The summed E-state index contributed by atoms with van der Waals surface area (Å²) in [6, 6.07) is 66.0. The van der Waals surface area contributed by atoms with Gasteiger partial charge in [-0.1, -0.05) is 236 Å². The van der Waals surface area contributed by atoms with Gasteiger partial charge in [-0.05, 0) is 171 Å². The van der Waals surface area contributed by atoms with E-state index in [-0.39, 0.29) is 28.2 Å². The molecule has 8 atom stereocenters. The molecule has 0 radical (unpaired) electrons. The zero-order valence-electron chi connectivity index (χ0n) is 71.5. The fourth-order valence-corrected chi connectivity index (χ4v) is 12.4. The molecule has 3 unspecified atom stereocenters. The molecule has 0 spiro atoms. The number of nitrogens with two attached hydrogens (primary N) is 3. The molecule has 0 saturated carbocycles. The van der Waals surface area contributed by atoms with Crippen molar-refractivity contribution in [2.45, 2.75) is 186 Å². The molecule has 2 heterocycles. The summed E-state index contributed by atoms with van der Waals surface area (Å²) < 4.78 is 28.3. The zero-order valence-corrected chi connectivity index (χ0v) is 74.6. The molecule has 0 fully saturated rings. The van der Waals surface area contributed by atoms with Crippen molar-refractivity contribution in [3.63, 3.8) is 0 Å². The van der Waals surface area contributed by atoms with Crippen LogP contribution in [0.15, 0.2) is 212 Å². The fourth-order valence-electron chi connectivity index (χ4n) is 10.3. The lowest BCUT2D eigenvalue weighted by Gasteiger charge is -2.25. The summed E-state index contributed by atoms with van der Waals surface area (Å²) in [7, 11) is 2.89. The third-order valence-corrected chi connectivity index (χ3v) is 18.5. The number of hydrogen-bond acceptors (Lipinski definition) is 24. The van der Waals surface area contributed by atoms with Crippen LogP contribution in [0.25, 0.3) is 20.9 Å². The topological polar surface area (TPSA) is 483 Å². The number of aromatic nitrogens is 2. The van der Waals surface area contributed by atoms with E-state index in [9.17, 15) is 58.5 Å². The first-order chi connectivity index (χ1) is 58.3. The number of likely N-dealkylation sites (N-methyl/N-ethyl adjacent to an activating group) is 1. The van der Waals surface area contributed by atoms with Crippen LogP contribution in [0.4, 0.5) is 19.2 Å². The molecule has 2 aromatic heterocycles. The van der Waals surface area contributed by atoms with Gasteiger partial charge in [0.2, 0.25) is 11.8 Å². The van der Waals surface area contributed by atoms with E-state index in [0.29, 0.717) is 36.1 Å². The van der Waals surface area contributed by atoms with E-state index in [1.807, 2.05) is 212 Å². The van der Waals surface area contributed by atoms with Crippen LogP contribution in [-0.2, 0) is 75.1 Å². The maximum absolute atomic E-state index is 12.3. The Labute approximate surface area is 741 Å². The Hall–Kier alpha value is -12.2. The van der Waals surface area contributed by atoms with Crippen LogP contribution < -0.4 is 38.5 Å². The average Bonchev–Trinajstić information content (AvgIpc) is 1.77. The Kier molecular flexibility index (Phi) is 45.8. The van der Waals surface area contributed by atoms with Gasteiger partial charge in [0.15, 0.2) is 22.5 Å². The molecule has 0 saturated heterocycles. The molecular weight excluding hydrogens is 1670 g/mol. The number of nitrogens with one attached hydrogen (secondary N) is 4. The number of carboxylic acid groups (broad SMARTS) is 1. The van der Waals surface area contributed by atoms with Gasteiger partial charge < -0.3 is 82.6 Å². The molecule has 0 aliphatic rings. The first-order valence-electron chi connectivity index (χ1n) is 38.5. The van der Waals surface area contributed by atoms with Crippen LogP contribution in [0.2, 0.25) is 10.3 Å². The second kappa shape index (κ2) is 53.6. The number of ether oxygens (including phenoxy) is 4. The number of alkyl carbamates (subject to hydrolysis) is 4. The molecule has 0 aliphatic carbocycles. The first kappa shape index (κ1) is 106. The molecule has 7 amide bonds. The lowest BCUT2D eigenvalue weighted by Crippen LogP contribution is -2.51. The van der Waals surface area contributed by atoms with Crippen LogP contribution >= 0.6 is 46.3 Å². The maximum Gasteiger partial charge on any atom is 0.408 e. The van der Waals surface area contributed by atoms with Crippen LogP contribution in [0, 0.1) is 22.7 Å². The van der Waals surface area contributed by atoms with Crippen LogP contribution in [0.1, 0.15) is 127 Å². The van der Waals surface area contributed by atoms with E-state index in [1.54, 1.807) is 89.2 Å². The van der Waals surface area contributed by atoms with Gasteiger partial charge in [-0.2, -0.15) is 19.3 Å². The monoisotopic (exact) mass is 1780 g/mol. The number of nitriles is 2. The summed E-state index contributed by atoms with van der Waals surface area (Å²) in [6.07, 6.45) is -4.02. The number of hydrogen-bond donors (Lipinski definition) is 11. The van der Waals surface area contributed by atoms with E-state index >= 15 is 0 Å². The van der Waals surface area contributed by atoms with E-state index in [0.717, 1.165) is 66.7 Å². The fraction of sp³-hybridized carbons (Fsp3) is 0.344. The lowest BCUT2D eigenvalue weighted by atomic mass is 10.0. The summed E-state index contributed by atoms with van der Waals surface area (Å²) in [5.41, 5.74) is 20.2. The number of aldehydes is 1. The molecule has 9 aromatic rings. The Morgan fingerprint density at radius 3 is 1.15 bits per heavy atom. The number of carbonyl (C=O) groups excluding carboxylic acids is 8. The van der Waals surface area contributed by atoms with Crippen molar-refractivity contribution < 1.29 is 87.4 Å². The number of carboxylic acids is 1. The number of primary amides is 2. The van der Waals surface area contributed by atoms with E-state index in [1.165, 1.54) is 25.7 Å². The summed E-state index contributed by atoms with van der Waals surface area (Å²) in [5.74, 6) is -3.08. The minimum Gasteiger partial charge on any atom is -0.478 e. The highest BCUT2D eigenvalue weighted by molar-refractivity contribution is 7.10. The van der Waals surface area contributed by atoms with Gasteiger partial charge in [0.05, 0.1) is 41.1 Å². The van der Waals surface area contributed by atoms with Crippen molar-refractivity contribution in [2.75, 3.05) is 14.2 Å². The molecule has 14 N–H and O–H groups in total. The van der Waals surface area contributed by atoms with Gasteiger partial charge in [0.25, 0.3) is 5.91 Å². The number of aliphatic hydroxyl groups is 3. The third-order valence-electron chi connectivity index (χ3n) is 15.9. The number of carbonyl (C=O) groups is 9. The van der Waals surface area contributed by atoms with Crippen molar-refractivity contribution in [3.8, 4) is 33.0 Å². The molecule has 7 aromatic carbocycles. The number of aliphatic hydroxyl groups excluding tert-OH is 3. The molecule has 124 heavy (non-hydrogen) atoms. The second-order valence-electron chi connectivity index (χ2n) is 31.0. The molecule has 9 rings (SSSR count). The highest BCUT2D eigenvalue weighted by Crippen LogP contribution is 2.34. The number of aromatic carboxylic acids is 1. The second-order valence-corrected chi connectivity index (χ2v) is 33.3. The van der Waals surface area contributed by atoms with Crippen molar-refractivity contribution in [3.05, 3.63) is 262 Å². The summed E-state index contributed by atoms with van der Waals surface area (Å²) in [4.78, 5) is 109.